The lowest BCUT2D eigenvalue weighted by Gasteiger charge is -2.36. The fraction of sp³-hybridized carbons (Fsp3) is 0.909. The van der Waals surface area contributed by atoms with Gasteiger partial charge in [0.05, 0.1) is 25.2 Å². The molecule has 0 amide bonds. The maximum absolute atomic E-state index is 9.05. The molecule has 0 saturated heterocycles. The molecule has 1 aliphatic carbocycles. The Morgan fingerprint density at radius 1 is 1.13 bits per heavy atom. The van der Waals surface area contributed by atoms with Crippen molar-refractivity contribution < 1.29 is 10.2 Å². The minimum absolute atomic E-state index is 0.0665. The van der Waals surface area contributed by atoms with Gasteiger partial charge in [0.2, 0.25) is 0 Å². The smallest absolute Gasteiger partial charge is 0.0672 e. The van der Waals surface area contributed by atoms with Crippen LogP contribution in [0.2, 0.25) is 0 Å². The molecule has 4 heteroatoms. The van der Waals surface area contributed by atoms with E-state index in [-0.39, 0.29) is 25.2 Å². The van der Waals surface area contributed by atoms with Crippen molar-refractivity contribution in [3.8, 4) is 6.07 Å². The molecule has 86 valence electrons. The maximum atomic E-state index is 9.05. The first-order valence-corrected chi connectivity index (χ1v) is 5.69. The Kier molecular flexibility index (Phi) is 5.62. The third-order valence-electron chi connectivity index (χ3n) is 3.14. The van der Waals surface area contributed by atoms with Gasteiger partial charge < -0.3 is 10.2 Å². The van der Waals surface area contributed by atoms with E-state index in [9.17, 15) is 0 Å². The standard InChI is InChI=1S/C11H20N2O2/c12-9-10-3-1-2-4-11(10)13(5-7-14)6-8-15/h10-11,14-15H,1-8H2. The summed E-state index contributed by atoms with van der Waals surface area (Å²) < 4.78 is 0. The Morgan fingerprint density at radius 2 is 1.73 bits per heavy atom. The Bertz CT molecular complexity index is 209. The number of hydrogen-bond acceptors (Lipinski definition) is 4. The van der Waals surface area contributed by atoms with Crippen LogP contribution in [0.5, 0.6) is 0 Å². The van der Waals surface area contributed by atoms with Crippen molar-refractivity contribution in [3.05, 3.63) is 0 Å². The molecule has 0 radical (unpaired) electrons. The third-order valence-corrected chi connectivity index (χ3v) is 3.14. The molecule has 0 aliphatic heterocycles. The van der Waals surface area contributed by atoms with E-state index in [4.69, 9.17) is 15.5 Å². The number of nitriles is 1. The summed E-state index contributed by atoms with van der Waals surface area (Å²) in [6.45, 7) is 1.30. The summed E-state index contributed by atoms with van der Waals surface area (Å²) in [5.74, 6) is 0.0665. The molecule has 2 unspecified atom stereocenters. The number of aliphatic hydroxyl groups is 2. The monoisotopic (exact) mass is 212 g/mol. The van der Waals surface area contributed by atoms with Crippen LogP contribution >= 0.6 is 0 Å². The number of hydrogen-bond donors (Lipinski definition) is 2. The van der Waals surface area contributed by atoms with Crippen molar-refractivity contribution in [2.24, 2.45) is 5.92 Å². The summed E-state index contributed by atoms with van der Waals surface area (Å²) in [5, 5.41) is 26.9. The van der Waals surface area contributed by atoms with Gasteiger partial charge in [0, 0.05) is 19.1 Å². The highest BCUT2D eigenvalue weighted by atomic mass is 16.3. The lowest BCUT2D eigenvalue weighted by Crippen LogP contribution is -2.44. The molecule has 0 spiro atoms. The van der Waals surface area contributed by atoms with Crippen LogP contribution in [0, 0.1) is 17.2 Å². The van der Waals surface area contributed by atoms with E-state index in [1.165, 1.54) is 0 Å². The normalized spacial score (nSPS) is 26.5. The van der Waals surface area contributed by atoms with E-state index in [1.807, 2.05) is 4.90 Å². The summed E-state index contributed by atoms with van der Waals surface area (Å²) in [7, 11) is 0. The van der Waals surface area contributed by atoms with Gasteiger partial charge in [-0.05, 0) is 12.8 Å². The van der Waals surface area contributed by atoms with Crippen molar-refractivity contribution in [3.63, 3.8) is 0 Å². The van der Waals surface area contributed by atoms with E-state index < -0.39 is 0 Å². The molecule has 15 heavy (non-hydrogen) atoms. The lowest BCUT2D eigenvalue weighted by atomic mass is 9.84. The van der Waals surface area contributed by atoms with Crippen molar-refractivity contribution in [2.75, 3.05) is 26.3 Å². The summed E-state index contributed by atoms with van der Waals surface area (Å²) in [6.07, 6.45) is 4.24. The van der Waals surface area contributed by atoms with Gasteiger partial charge in [-0.2, -0.15) is 5.26 Å². The Labute approximate surface area is 91.1 Å². The predicted molar refractivity (Wildman–Crippen MR) is 57.1 cm³/mol. The average Bonchev–Trinajstić information content (AvgIpc) is 2.29. The molecule has 4 nitrogen and oxygen atoms in total. The molecule has 2 N–H and O–H groups in total. The molecule has 1 aliphatic rings. The van der Waals surface area contributed by atoms with Crippen molar-refractivity contribution in [1.29, 1.82) is 5.26 Å². The molecule has 0 bridgehead atoms. The quantitative estimate of drug-likeness (QED) is 0.690. The van der Waals surface area contributed by atoms with Crippen LogP contribution in [-0.2, 0) is 0 Å². The zero-order valence-corrected chi connectivity index (χ0v) is 9.10. The van der Waals surface area contributed by atoms with E-state index in [0.717, 1.165) is 25.7 Å². The molecule has 0 aromatic rings. The summed E-state index contributed by atoms with van der Waals surface area (Å²) in [6, 6.07) is 2.57. The SMILES string of the molecule is N#CC1CCCCC1N(CCO)CCO. The van der Waals surface area contributed by atoms with Crippen molar-refractivity contribution in [2.45, 2.75) is 31.7 Å². The molecule has 1 rings (SSSR count). The first-order valence-electron chi connectivity index (χ1n) is 5.69. The summed E-state index contributed by atoms with van der Waals surface area (Å²) >= 11 is 0. The minimum atomic E-state index is 0.0665. The Hall–Kier alpha value is -0.630. The highest BCUT2D eigenvalue weighted by Gasteiger charge is 2.29. The number of nitrogens with zero attached hydrogens (tertiary/aromatic N) is 2. The predicted octanol–water partition coefficient (Wildman–Crippen LogP) is 0.355. The molecule has 0 aromatic heterocycles. The van der Waals surface area contributed by atoms with Crippen LogP contribution in [0.1, 0.15) is 25.7 Å². The maximum Gasteiger partial charge on any atom is 0.0672 e. The zero-order chi connectivity index (χ0) is 11.1. The largest absolute Gasteiger partial charge is 0.395 e. The molecule has 1 saturated carbocycles. The van der Waals surface area contributed by atoms with Gasteiger partial charge >= 0.3 is 0 Å². The van der Waals surface area contributed by atoms with Gasteiger partial charge in [-0.3, -0.25) is 4.90 Å². The van der Waals surface area contributed by atoms with Gasteiger partial charge in [0.1, 0.15) is 0 Å². The van der Waals surface area contributed by atoms with Gasteiger partial charge in [-0.25, -0.2) is 0 Å². The summed E-state index contributed by atoms with van der Waals surface area (Å²) in [4.78, 5) is 2.05. The van der Waals surface area contributed by atoms with E-state index in [0.29, 0.717) is 13.1 Å². The second-order valence-corrected chi connectivity index (χ2v) is 4.07. The molecular formula is C11H20N2O2. The van der Waals surface area contributed by atoms with Gasteiger partial charge in [0.15, 0.2) is 0 Å². The average molecular weight is 212 g/mol. The van der Waals surface area contributed by atoms with E-state index in [1.54, 1.807) is 0 Å². The van der Waals surface area contributed by atoms with Crippen molar-refractivity contribution in [1.82, 2.24) is 4.90 Å². The first kappa shape index (κ1) is 12.4. The molecule has 0 heterocycles. The highest BCUT2D eigenvalue weighted by Crippen LogP contribution is 2.27. The Morgan fingerprint density at radius 3 is 2.27 bits per heavy atom. The summed E-state index contributed by atoms with van der Waals surface area (Å²) in [5.41, 5.74) is 0. The number of rotatable bonds is 5. The Balaban J connectivity index is 2.58. The van der Waals surface area contributed by atoms with Gasteiger partial charge in [-0.15, -0.1) is 0 Å². The second-order valence-electron chi connectivity index (χ2n) is 4.07. The van der Waals surface area contributed by atoms with E-state index in [2.05, 4.69) is 6.07 Å². The van der Waals surface area contributed by atoms with Gasteiger partial charge in [0.25, 0.3) is 0 Å². The first-order chi connectivity index (χ1) is 7.33. The third kappa shape index (κ3) is 3.45. The highest BCUT2D eigenvalue weighted by molar-refractivity contribution is 4.95. The van der Waals surface area contributed by atoms with Crippen LogP contribution in [0.15, 0.2) is 0 Å². The molecule has 2 atom stereocenters. The molecule has 1 fully saturated rings. The topological polar surface area (TPSA) is 67.5 Å². The fourth-order valence-electron chi connectivity index (χ4n) is 2.40. The van der Waals surface area contributed by atoms with Crippen molar-refractivity contribution >= 4 is 0 Å². The zero-order valence-electron chi connectivity index (χ0n) is 9.10. The second kappa shape index (κ2) is 6.78. The fourth-order valence-corrected chi connectivity index (χ4v) is 2.40. The lowest BCUT2D eigenvalue weighted by molar-refractivity contribution is 0.0830. The van der Waals surface area contributed by atoms with E-state index >= 15 is 0 Å². The van der Waals surface area contributed by atoms with Crippen LogP contribution in [0.3, 0.4) is 0 Å². The van der Waals surface area contributed by atoms with Crippen LogP contribution in [-0.4, -0.2) is 47.5 Å². The minimum Gasteiger partial charge on any atom is -0.395 e. The number of aliphatic hydroxyl groups excluding tert-OH is 2. The van der Waals surface area contributed by atoms with Gasteiger partial charge in [-0.1, -0.05) is 12.8 Å². The van der Waals surface area contributed by atoms with Crippen LogP contribution in [0.4, 0.5) is 0 Å². The molecular weight excluding hydrogens is 192 g/mol. The molecule has 0 aromatic carbocycles. The van der Waals surface area contributed by atoms with Crippen LogP contribution < -0.4 is 0 Å². The van der Waals surface area contributed by atoms with Crippen LogP contribution in [0.25, 0.3) is 0 Å².